The summed E-state index contributed by atoms with van der Waals surface area (Å²) in [4.78, 5) is 19.3. The van der Waals surface area contributed by atoms with Crippen LogP contribution >= 0.6 is 11.3 Å². The van der Waals surface area contributed by atoms with Gasteiger partial charge < -0.3 is 14.8 Å². The molecule has 1 saturated carbocycles. The molecule has 5 aromatic rings. The fraction of sp³-hybridized carbons (Fsp3) is 0.219. The number of methoxy groups -OCH3 is 2. The first kappa shape index (κ1) is 27.2. The first-order valence-corrected chi connectivity index (χ1v) is 14.4. The van der Waals surface area contributed by atoms with Crippen LogP contribution in [0.3, 0.4) is 0 Å². The fourth-order valence-corrected chi connectivity index (χ4v) is 5.29. The number of nitrogens with one attached hydrogen (secondary N) is 1. The lowest BCUT2D eigenvalue weighted by Gasteiger charge is -2.22. The predicted octanol–water partition coefficient (Wildman–Crippen LogP) is 5.78. The molecule has 1 fully saturated rings. The maximum Gasteiger partial charge on any atom is 0.255 e. The normalized spacial score (nSPS) is 12.6. The second kappa shape index (κ2) is 12.2. The maximum absolute atomic E-state index is 13.1. The Labute approximate surface area is 247 Å². The SMILES string of the molecule is COc1ccc(Cn2nnc(-c3ccc(NC(=O)c4cccc(C#Cc5nc(C6CCC6)cs5)c4)c(OC)c3)n2)cc1. The molecule has 6 rings (SSSR count). The minimum Gasteiger partial charge on any atom is -0.497 e. The summed E-state index contributed by atoms with van der Waals surface area (Å²) in [6.45, 7) is 0.469. The lowest BCUT2D eigenvalue weighted by atomic mass is 9.83. The van der Waals surface area contributed by atoms with E-state index in [0.29, 0.717) is 40.9 Å². The van der Waals surface area contributed by atoms with Crippen molar-refractivity contribution in [2.75, 3.05) is 19.5 Å². The van der Waals surface area contributed by atoms with Crippen molar-refractivity contribution in [3.05, 3.63) is 99.5 Å². The largest absolute Gasteiger partial charge is 0.497 e. The summed E-state index contributed by atoms with van der Waals surface area (Å²) in [6.07, 6.45) is 3.70. The van der Waals surface area contributed by atoms with Crippen molar-refractivity contribution in [1.82, 2.24) is 25.2 Å². The van der Waals surface area contributed by atoms with Crippen molar-refractivity contribution in [2.24, 2.45) is 0 Å². The van der Waals surface area contributed by atoms with E-state index in [0.717, 1.165) is 27.6 Å². The van der Waals surface area contributed by atoms with Gasteiger partial charge in [0.15, 0.2) is 5.01 Å². The average Bonchev–Trinajstić information content (AvgIpc) is 3.66. The van der Waals surface area contributed by atoms with Crippen molar-refractivity contribution >= 4 is 22.9 Å². The number of hydrogen-bond donors (Lipinski definition) is 1. The minimum atomic E-state index is -0.269. The van der Waals surface area contributed by atoms with Crippen molar-refractivity contribution < 1.29 is 14.3 Å². The highest BCUT2D eigenvalue weighted by Crippen LogP contribution is 2.36. The number of rotatable bonds is 8. The number of carbonyl (C=O) groups excluding carboxylic acids is 1. The molecule has 1 amide bonds. The Morgan fingerprint density at radius 3 is 2.67 bits per heavy atom. The van der Waals surface area contributed by atoms with Crippen LogP contribution in [0.5, 0.6) is 11.5 Å². The second-order valence-corrected chi connectivity index (χ2v) is 10.8. The van der Waals surface area contributed by atoms with E-state index in [4.69, 9.17) is 9.47 Å². The summed E-state index contributed by atoms with van der Waals surface area (Å²) in [5, 5.41) is 18.7. The monoisotopic (exact) mass is 576 g/mol. The van der Waals surface area contributed by atoms with Crippen LogP contribution in [0.2, 0.25) is 0 Å². The Balaban J connectivity index is 1.13. The van der Waals surface area contributed by atoms with Crippen LogP contribution in [0.1, 0.15) is 57.4 Å². The molecule has 42 heavy (non-hydrogen) atoms. The lowest BCUT2D eigenvalue weighted by Crippen LogP contribution is -2.12. The molecule has 0 atom stereocenters. The highest BCUT2D eigenvalue weighted by molar-refractivity contribution is 7.10. The number of ether oxygens (including phenoxy) is 2. The third kappa shape index (κ3) is 6.16. The van der Waals surface area contributed by atoms with Gasteiger partial charge >= 0.3 is 0 Å². The van der Waals surface area contributed by atoms with Crippen molar-refractivity contribution in [3.63, 3.8) is 0 Å². The zero-order valence-electron chi connectivity index (χ0n) is 23.2. The summed E-state index contributed by atoms with van der Waals surface area (Å²) in [6, 6.07) is 20.3. The first-order chi connectivity index (χ1) is 20.6. The number of nitrogens with zero attached hydrogens (tertiary/aromatic N) is 5. The van der Waals surface area contributed by atoms with Gasteiger partial charge in [0.1, 0.15) is 11.5 Å². The lowest BCUT2D eigenvalue weighted by molar-refractivity contribution is 0.102. The van der Waals surface area contributed by atoms with Gasteiger partial charge in [-0.1, -0.05) is 30.5 Å². The zero-order valence-corrected chi connectivity index (χ0v) is 24.0. The van der Waals surface area contributed by atoms with E-state index in [1.807, 2.05) is 42.5 Å². The van der Waals surface area contributed by atoms with Crippen molar-refractivity contribution in [2.45, 2.75) is 31.7 Å². The molecule has 0 unspecified atom stereocenters. The number of tetrazole rings is 1. The predicted molar refractivity (Wildman–Crippen MR) is 161 cm³/mol. The van der Waals surface area contributed by atoms with Gasteiger partial charge in [0, 0.05) is 28.0 Å². The van der Waals surface area contributed by atoms with Crippen LogP contribution in [0.25, 0.3) is 11.4 Å². The third-order valence-electron chi connectivity index (χ3n) is 7.13. The van der Waals surface area contributed by atoms with Crippen molar-refractivity contribution in [3.8, 4) is 34.7 Å². The summed E-state index contributed by atoms with van der Waals surface area (Å²) < 4.78 is 10.8. The van der Waals surface area contributed by atoms with Crippen molar-refractivity contribution in [1.29, 1.82) is 0 Å². The number of amides is 1. The van der Waals surface area contributed by atoms with Gasteiger partial charge in [-0.2, -0.15) is 4.80 Å². The van der Waals surface area contributed by atoms with E-state index >= 15 is 0 Å². The molecule has 2 heterocycles. The molecule has 10 heteroatoms. The van der Waals surface area contributed by atoms with E-state index in [2.05, 4.69) is 42.9 Å². The Bertz CT molecular complexity index is 1780. The molecule has 0 aliphatic heterocycles. The van der Waals surface area contributed by atoms with Gasteiger partial charge in [-0.15, -0.1) is 21.5 Å². The average molecular weight is 577 g/mol. The highest BCUT2D eigenvalue weighted by atomic mass is 32.1. The standard InChI is InChI=1S/C32H28N6O3S/c1-40-26-13-9-22(10-14-26)19-38-36-31(35-37-38)24-12-15-27(29(18-24)41-2)34-32(39)25-8-3-5-21(17-25)11-16-30-33-28(20-42-30)23-6-4-7-23/h3,5,8-10,12-15,17-18,20,23H,4,6-7,19H2,1-2H3,(H,34,39). The highest BCUT2D eigenvalue weighted by Gasteiger charge is 2.21. The number of anilines is 1. The molecular formula is C32H28N6O3S. The maximum atomic E-state index is 13.1. The van der Waals surface area contributed by atoms with E-state index in [-0.39, 0.29) is 5.91 Å². The third-order valence-corrected chi connectivity index (χ3v) is 7.90. The Hall–Kier alpha value is -5.01. The summed E-state index contributed by atoms with van der Waals surface area (Å²) in [7, 11) is 3.18. The topological polar surface area (TPSA) is 104 Å². The molecule has 9 nitrogen and oxygen atoms in total. The number of thiazole rings is 1. The molecule has 1 N–H and O–H groups in total. The van der Waals surface area contributed by atoms with Gasteiger partial charge in [-0.25, -0.2) is 4.98 Å². The summed E-state index contributed by atoms with van der Waals surface area (Å²) >= 11 is 1.57. The molecule has 3 aromatic carbocycles. The molecule has 2 aromatic heterocycles. The Morgan fingerprint density at radius 1 is 1.05 bits per heavy atom. The van der Waals surface area contributed by atoms with Crippen LogP contribution in [0, 0.1) is 11.8 Å². The summed E-state index contributed by atoms with van der Waals surface area (Å²) in [5.41, 5.74) is 4.65. The zero-order chi connectivity index (χ0) is 28.9. The van der Waals surface area contributed by atoms with E-state index in [1.165, 1.54) is 24.1 Å². The van der Waals surface area contributed by atoms with E-state index < -0.39 is 0 Å². The second-order valence-electron chi connectivity index (χ2n) is 9.90. The Morgan fingerprint density at radius 2 is 1.90 bits per heavy atom. The van der Waals surface area contributed by atoms with Crippen LogP contribution in [0.15, 0.2) is 72.1 Å². The van der Waals surface area contributed by atoms with E-state index in [1.54, 1.807) is 49.8 Å². The number of benzene rings is 3. The number of hydrogen-bond acceptors (Lipinski definition) is 8. The molecule has 0 radical (unpaired) electrons. The van der Waals surface area contributed by atoms with Gasteiger partial charge in [0.25, 0.3) is 5.91 Å². The molecule has 210 valence electrons. The van der Waals surface area contributed by atoms with Crippen LogP contribution in [-0.4, -0.2) is 45.3 Å². The molecular weight excluding hydrogens is 548 g/mol. The van der Waals surface area contributed by atoms with Gasteiger partial charge in [0.2, 0.25) is 5.82 Å². The molecule has 0 saturated heterocycles. The smallest absolute Gasteiger partial charge is 0.255 e. The van der Waals surface area contributed by atoms with Gasteiger partial charge in [-0.05, 0) is 78.1 Å². The van der Waals surface area contributed by atoms with Gasteiger partial charge in [-0.3, -0.25) is 4.79 Å². The molecule has 0 spiro atoms. The molecule has 1 aliphatic rings. The Kier molecular flexibility index (Phi) is 7.92. The van der Waals surface area contributed by atoms with Crippen LogP contribution < -0.4 is 14.8 Å². The molecule has 0 bridgehead atoms. The quantitative estimate of drug-likeness (QED) is 0.234. The minimum absolute atomic E-state index is 0.269. The van der Waals surface area contributed by atoms with Crippen LogP contribution in [0.4, 0.5) is 5.69 Å². The summed E-state index contributed by atoms with van der Waals surface area (Å²) in [5.74, 6) is 8.32. The van der Waals surface area contributed by atoms with Crippen LogP contribution in [-0.2, 0) is 6.54 Å². The van der Waals surface area contributed by atoms with E-state index in [9.17, 15) is 4.79 Å². The number of carbonyl (C=O) groups is 1. The fourth-order valence-electron chi connectivity index (χ4n) is 4.55. The van der Waals surface area contributed by atoms with Gasteiger partial charge in [0.05, 0.1) is 32.1 Å². The first-order valence-electron chi connectivity index (χ1n) is 13.6. The number of aromatic nitrogens is 5. The molecule has 1 aliphatic carbocycles.